The molecule has 3 N–H and O–H groups in total. The van der Waals surface area contributed by atoms with Crippen molar-refractivity contribution < 1.29 is 14.3 Å². The van der Waals surface area contributed by atoms with Gasteiger partial charge in [0.2, 0.25) is 0 Å². The van der Waals surface area contributed by atoms with Crippen LogP contribution in [-0.2, 0) is 16.0 Å². The molecule has 8 heteroatoms. The molecule has 0 aliphatic carbocycles. The Labute approximate surface area is 121 Å². The van der Waals surface area contributed by atoms with Crippen molar-refractivity contribution in [2.24, 2.45) is 0 Å². The number of anilines is 3. The summed E-state index contributed by atoms with van der Waals surface area (Å²) in [5.74, 6) is -0.147. The Morgan fingerprint density at radius 2 is 2.24 bits per heavy atom. The van der Waals surface area contributed by atoms with Crippen LogP contribution in [0.3, 0.4) is 0 Å². The lowest BCUT2D eigenvalue weighted by atomic mass is 10.2. The molecule has 0 saturated heterocycles. The van der Waals surface area contributed by atoms with Gasteiger partial charge in [-0.15, -0.1) is 0 Å². The fraction of sp³-hybridized carbons (Fsp3) is 0.308. The second-order valence-corrected chi connectivity index (χ2v) is 4.27. The van der Waals surface area contributed by atoms with Gasteiger partial charge in [-0.2, -0.15) is 5.10 Å². The molecular formula is C13H17N5O3. The number of rotatable bonds is 6. The number of nitrogens with zero attached hydrogens (tertiary/aromatic N) is 3. The van der Waals surface area contributed by atoms with Gasteiger partial charge in [-0.3, -0.25) is 4.68 Å². The summed E-state index contributed by atoms with van der Waals surface area (Å²) in [7, 11) is 2.93. The van der Waals surface area contributed by atoms with Crippen LogP contribution in [0.1, 0.15) is 10.4 Å². The first-order valence-corrected chi connectivity index (χ1v) is 6.26. The third-order valence-corrected chi connectivity index (χ3v) is 2.73. The van der Waals surface area contributed by atoms with Crippen LogP contribution in [0.4, 0.5) is 17.2 Å². The number of nitrogens with two attached hydrogens (primary N) is 1. The van der Waals surface area contributed by atoms with Crippen LogP contribution in [0, 0.1) is 0 Å². The summed E-state index contributed by atoms with van der Waals surface area (Å²) in [5.41, 5.74) is 7.00. The lowest BCUT2D eigenvalue weighted by Crippen LogP contribution is -2.08. The quantitative estimate of drug-likeness (QED) is 0.766. The first-order chi connectivity index (χ1) is 10.1. The number of methoxy groups -OCH3 is 2. The molecule has 0 amide bonds. The molecule has 0 bridgehead atoms. The maximum absolute atomic E-state index is 11.7. The zero-order valence-corrected chi connectivity index (χ0v) is 11.9. The minimum atomic E-state index is -0.510. The Bertz CT molecular complexity index is 626. The predicted octanol–water partition coefficient (Wildman–Crippen LogP) is 1.04. The normalized spacial score (nSPS) is 10.4. The lowest BCUT2D eigenvalue weighted by Gasteiger charge is -2.08. The maximum Gasteiger partial charge on any atom is 0.341 e. The molecular weight excluding hydrogens is 274 g/mol. The van der Waals surface area contributed by atoms with Crippen molar-refractivity contribution in [2.45, 2.75) is 6.54 Å². The molecule has 2 aromatic rings. The number of hydrogen-bond acceptors (Lipinski definition) is 7. The smallest absolute Gasteiger partial charge is 0.341 e. The number of hydrogen-bond donors (Lipinski definition) is 2. The second-order valence-electron chi connectivity index (χ2n) is 4.27. The summed E-state index contributed by atoms with van der Waals surface area (Å²) in [4.78, 5) is 15.8. The molecule has 2 aromatic heterocycles. The molecule has 0 aliphatic heterocycles. The van der Waals surface area contributed by atoms with E-state index in [1.165, 1.54) is 19.4 Å². The van der Waals surface area contributed by atoms with Gasteiger partial charge in [-0.05, 0) is 6.07 Å². The summed E-state index contributed by atoms with van der Waals surface area (Å²) in [6.07, 6.45) is 4.89. The number of pyridine rings is 1. The van der Waals surface area contributed by atoms with Crippen molar-refractivity contribution in [3.63, 3.8) is 0 Å². The van der Waals surface area contributed by atoms with Crippen molar-refractivity contribution in [1.29, 1.82) is 0 Å². The standard InChI is InChI=1S/C13H17N5O3/c1-20-4-3-18-8-10(7-16-18)17-12-11(13(19)21-2)5-9(14)6-15-12/h5-8H,3-4,14H2,1-2H3,(H,15,17). The lowest BCUT2D eigenvalue weighted by molar-refractivity contribution is 0.0601. The maximum atomic E-state index is 11.7. The van der Waals surface area contributed by atoms with Gasteiger partial charge in [-0.1, -0.05) is 0 Å². The Morgan fingerprint density at radius 1 is 1.43 bits per heavy atom. The molecule has 0 radical (unpaired) electrons. The van der Waals surface area contributed by atoms with E-state index in [4.69, 9.17) is 15.2 Å². The van der Waals surface area contributed by atoms with Crippen molar-refractivity contribution in [2.75, 3.05) is 31.9 Å². The minimum absolute atomic E-state index is 0.266. The Morgan fingerprint density at radius 3 is 2.95 bits per heavy atom. The van der Waals surface area contributed by atoms with Crippen molar-refractivity contribution in [1.82, 2.24) is 14.8 Å². The van der Waals surface area contributed by atoms with Gasteiger partial charge in [0.15, 0.2) is 0 Å². The topological polar surface area (TPSA) is 104 Å². The summed E-state index contributed by atoms with van der Waals surface area (Å²) in [6.45, 7) is 1.20. The van der Waals surface area contributed by atoms with E-state index in [0.717, 1.165) is 0 Å². The number of ether oxygens (including phenoxy) is 2. The van der Waals surface area contributed by atoms with E-state index in [1.807, 2.05) is 0 Å². The summed E-state index contributed by atoms with van der Waals surface area (Å²) in [5, 5.41) is 7.19. The number of carbonyl (C=O) groups is 1. The highest BCUT2D eigenvalue weighted by molar-refractivity contribution is 5.96. The average Bonchev–Trinajstić information content (AvgIpc) is 2.93. The number of carbonyl (C=O) groups excluding carboxylic acids is 1. The van der Waals surface area contributed by atoms with E-state index in [1.54, 1.807) is 24.2 Å². The molecule has 8 nitrogen and oxygen atoms in total. The first-order valence-electron chi connectivity index (χ1n) is 6.26. The van der Waals surface area contributed by atoms with Gasteiger partial charge in [-0.25, -0.2) is 9.78 Å². The fourth-order valence-corrected chi connectivity index (χ4v) is 1.72. The van der Waals surface area contributed by atoms with Crippen LogP contribution >= 0.6 is 0 Å². The third-order valence-electron chi connectivity index (χ3n) is 2.73. The van der Waals surface area contributed by atoms with Crippen LogP contribution in [-0.4, -0.2) is 41.6 Å². The zero-order valence-electron chi connectivity index (χ0n) is 11.9. The summed E-state index contributed by atoms with van der Waals surface area (Å²) in [6, 6.07) is 1.51. The van der Waals surface area contributed by atoms with Crippen LogP contribution in [0.15, 0.2) is 24.7 Å². The monoisotopic (exact) mass is 291 g/mol. The minimum Gasteiger partial charge on any atom is -0.465 e. The van der Waals surface area contributed by atoms with Gasteiger partial charge >= 0.3 is 5.97 Å². The van der Waals surface area contributed by atoms with E-state index < -0.39 is 5.97 Å². The number of esters is 1. The molecule has 0 aromatic carbocycles. The average molecular weight is 291 g/mol. The highest BCUT2D eigenvalue weighted by atomic mass is 16.5. The Balaban J connectivity index is 2.19. The van der Waals surface area contributed by atoms with Crippen LogP contribution in [0.2, 0.25) is 0 Å². The summed E-state index contributed by atoms with van der Waals surface area (Å²) < 4.78 is 11.4. The Kier molecular flexibility index (Phi) is 4.72. The number of aromatic nitrogens is 3. The van der Waals surface area contributed by atoms with Crippen molar-refractivity contribution >= 4 is 23.2 Å². The molecule has 2 rings (SSSR count). The van der Waals surface area contributed by atoms with E-state index in [-0.39, 0.29) is 5.56 Å². The van der Waals surface area contributed by atoms with E-state index >= 15 is 0 Å². The zero-order chi connectivity index (χ0) is 15.2. The van der Waals surface area contributed by atoms with Crippen molar-refractivity contribution in [3.8, 4) is 0 Å². The highest BCUT2D eigenvalue weighted by Gasteiger charge is 2.14. The fourth-order valence-electron chi connectivity index (χ4n) is 1.72. The SMILES string of the molecule is COCCn1cc(Nc2ncc(N)cc2C(=O)OC)cn1. The molecule has 0 spiro atoms. The Hall–Kier alpha value is -2.61. The van der Waals surface area contributed by atoms with Gasteiger partial charge in [0.05, 0.1) is 44.0 Å². The molecule has 21 heavy (non-hydrogen) atoms. The van der Waals surface area contributed by atoms with E-state index in [9.17, 15) is 4.79 Å². The summed E-state index contributed by atoms with van der Waals surface area (Å²) >= 11 is 0. The number of nitrogens with one attached hydrogen (secondary N) is 1. The first kappa shape index (κ1) is 14.8. The number of nitrogen functional groups attached to an aromatic ring is 1. The predicted molar refractivity (Wildman–Crippen MR) is 77.4 cm³/mol. The molecule has 2 heterocycles. The molecule has 0 unspecified atom stereocenters. The highest BCUT2D eigenvalue weighted by Crippen LogP contribution is 2.20. The van der Waals surface area contributed by atoms with Crippen LogP contribution in [0.25, 0.3) is 0 Å². The molecule has 0 saturated carbocycles. The largest absolute Gasteiger partial charge is 0.465 e. The van der Waals surface area contributed by atoms with Gasteiger partial charge in [0, 0.05) is 13.3 Å². The van der Waals surface area contributed by atoms with Crippen molar-refractivity contribution in [3.05, 3.63) is 30.2 Å². The van der Waals surface area contributed by atoms with Gasteiger partial charge < -0.3 is 20.5 Å². The van der Waals surface area contributed by atoms with E-state index in [2.05, 4.69) is 15.4 Å². The molecule has 0 aliphatic rings. The molecule has 0 fully saturated rings. The molecule has 112 valence electrons. The van der Waals surface area contributed by atoms with E-state index in [0.29, 0.717) is 30.3 Å². The van der Waals surface area contributed by atoms with Crippen LogP contribution in [0.5, 0.6) is 0 Å². The van der Waals surface area contributed by atoms with Gasteiger partial charge in [0.1, 0.15) is 11.4 Å². The van der Waals surface area contributed by atoms with Gasteiger partial charge in [0.25, 0.3) is 0 Å². The molecule has 0 atom stereocenters. The second kappa shape index (κ2) is 6.71. The third kappa shape index (κ3) is 3.69. The van der Waals surface area contributed by atoms with Crippen LogP contribution < -0.4 is 11.1 Å².